The fraction of sp³-hybridized carbons (Fsp3) is 0.486. The Bertz CT molecular complexity index is 1310. The van der Waals surface area contributed by atoms with E-state index in [-0.39, 0.29) is 48.2 Å². The van der Waals surface area contributed by atoms with E-state index in [0.29, 0.717) is 37.1 Å². The Hall–Kier alpha value is -3.98. The van der Waals surface area contributed by atoms with E-state index in [1.54, 1.807) is 31.4 Å². The van der Waals surface area contributed by atoms with Crippen LogP contribution in [-0.4, -0.2) is 72.9 Å². The van der Waals surface area contributed by atoms with Gasteiger partial charge in [-0.2, -0.15) is 0 Å². The van der Waals surface area contributed by atoms with E-state index in [4.69, 9.17) is 9.47 Å². The molecule has 236 valence electrons. The minimum Gasteiger partial charge on any atom is -0.497 e. The Morgan fingerprint density at radius 3 is 2.55 bits per heavy atom. The molecule has 2 saturated heterocycles. The second-order valence-corrected chi connectivity index (χ2v) is 12.0. The number of piperidine rings is 1. The van der Waals surface area contributed by atoms with Crippen LogP contribution in [0.3, 0.4) is 0 Å². The smallest absolute Gasteiger partial charge is 0.306 e. The van der Waals surface area contributed by atoms with Crippen LogP contribution in [0, 0.1) is 5.92 Å². The molecular formula is C35H45N3O6. The first-order valence-electron chi connectivity index (χ1n) is 15.7. The average Bonchev–Trinajstić information content (AvgIpc) is 3.03. The molecule has 2 fully saturated rings. The van der Waals surface area contributed by atoms with Crippen LogP contribution in [0.25, 0.3) is 0 Å². The number of carbonyl (C=O) groups is 4. The maximum absolute atomic E-state index is 13.8. The van der Waals surface area contributed by atoms with Crippen LogP contribution in [0.2, 0.25) is 0 Å². The highest BCUT2D eigenvalue weighted by Gasteiger charge is 2.33. The van der Waals surface area contributed by atoms with Gasteiger partial charge in [0, 0.05) is 24.4 Å². The van der Waals surface area contributed by atoms with E-state index in [9.17, 15) is 19.2 Å². The highest BCUT2D eigenvalue weighted by Crippen LogP contribution is 2.20. The summed E-state index contributed by atoms with van der Waals surface area (Å²) in [6, 6.07) is 15.0. The van der Waals surface area contributed by atoms with Gasteiger partial charge in [-0.1, -0.05) is 68.8 Å². The molecule has 2 aromatic carbocycles. The van der Waals surface area contributed by atoms with Crippen LogP contribution >= 0.6 is 0 Å². The molecule has 2 N–H and O–H groups in total. The number of rotatable bonds is 13. The zero-order chi connectivity index (χ0) is 31.5. The number of nitrogens with one attached hydrogen (secondary N) is 2. The number of benzene rings is 2. The maximum atomic E-state index is 13.8. The van der Waals surface area contributed by atoms with Crippen molar-refractivity contribution in [2.45, 2.75) is 83.0 Å². The third-order valence-corrected chi connectivity index (χ3v) is 8.28. The molecule has 2 aliphatic heterocycles. The predicted molar refractivity (Wildman–Crippen MR) is 168 cm³/mol. The summed E-state index contributed by atoms with van der Waals surface area (Å²) in [5.74, 6) is -0.168. The third kappa shape index (κ3) is 9.51. The topological polar surface area (TPSA) is 114 Å². The fourth-order valence-electron chi connectivity index (χ4n) is 5.69. The van der Waals surface area contributed by atoms with Gasteiger partial charge in [0.15, 0.2) is 5.78 Å². The molecule has 0 radical (unpaired) electrons. The number of ketones is 1. The second-order valence-electron chi connectivity index (χ2n) is 12.0. The van der Waals surface area contributed by atoms with Gasteiger partial charge in [0.2, 0.25) is 11.8 Å². The van der Waals surface area contributed by atoms with Crippen LogP contribution in [0.1, 0.15) is 68.3 Å². The summed E-state index contributed by atoms with van der Waals surface area (Å²) in [4.78, 5) is 54.4. The van der Waals surface area contributed by atoms with Crippen molar-refractivity contribution in [3.8, 4) is 5.75 Å². The number of hydrogen-bond acceptors (Lipinski definition) is 7. The number of amides is 2. The van der Waals surface area contributed by atoms with Gasteiger partial charge in [0.1, 0.15) is 17.9 Å². The molecule has 1 unspecified atom stereocenters. The number of ether oxygens (including phenoxy) is 2. The van der Waals surface area contributed by atoms with Crippen LogP contribution in [-0.2, 0) is 25.5 Å². The first-order chi connectivity index (χ1) is 21.2. The number of likely N-dealkylation sites (tertiary alicyclic amines) is 1. The Morgan fingerprint density at radius 1 is 1.02 bits per heavy atom. The molecule has 9 heteroatoms. The molecule has 2 heterocycles. The van der Waals surface area contributed by atoms with Gasteiger partial charge in [-0.3, -0.25) is 24.1 Å². The van der Waals surface area contributed by atoms with Gasteiger partial charge in [-0.05, 0) is 61.9 Å². The van der Waals surface area contributed by atoms with Crippen molar-refractivity contribution in [3.63, 3.8) is 0 Å². The van der Waals surface area contributed by atoms with Crippen molar-refractivity contribution < 1.29 is 28.7 Å². The van der Waals surface area contributed by atoms with Crippen molar-refractivity contribution >= 4 is 23.6 Å². The van der Waals surface area contributed by atoms with Crippen molar-refractivity contribution in [3.05, 3.63) is 77.9 Å². The van der Waals surface area contributed by atoms with E-state index in [1.807, 2.05) is 61.2 Å². The number of esters is 1. The molecule has 4 rings (SSSR count). The highest BCUT2D eigenvalue weighted by atomic mass is 16.5. The summed E-state index contributed by atoms with van der Waals surface area (Å²) in [7, 11) is 1.56. The molecule has 0 bridgehead atoms. The average molecular weight is 604 g/mol. The molecule has 44 heavy (non-hydrogen) atoms. The Morgan fingerprint density at radius 2 is 1.82 bits per heavy atom. The summed E-state index contributed by atoms with van der Waals surface area (Å²) in [6.45, 7) is 4.74. The Labute approximate surface area is 260 Å². The molecular weight excluding hydrogens is 558 g/mol. The first-order valence-corrected chi connectivity index (χ1v) is 15.7. The molecule has 0 spiro atoms. The summed E-state index contributed by atoms with van der Waals surface area (Å²) >= 11 is 0. The van der Waals surface area contributed by atoms with Crippen molar-refractivity contribution in [2.24, 2.45) is 5.92 Å². The number of hydrogen-bond donors (Lipinski definition) is 2. The standard InChI is InChI=1S/C35H45N3O6/c1-24(2)29(19-18-27-14-10-17-33(40)44-27)36-34(41)30(21-25-11-5-4-6-12-25)37-35(42)31-16-7-8-20-38(31)23-32(39)26-13-9-15-28(22-26)43-3/h4-6,9,11-13,15,18-19,22,24,27,29-31H,7-8,10,14,16-17,20-21,23H2,1-3H3,(H,36,41)(H,37,42)/b19-18+/t27?,29-,30+,31+/m1/s1. The molecule has 4 atom stereocenters. The normalized spacial score (nSPS) is 20.5. The highest BCUT2D eigenvalue weighted by molar-refractivity contribution is 5.98. The summed E-state index contributed by atoms with van der Waals surface area (Å²) in [5, 5.41) is 6.15. The molecule has 0 aliphatic carbocycles. The minimum absolute atomic E-state index is 0.0685. The lowest BCUT2D eigenvalue weighted by Crippen LogP contribution is -2.57. The second kappa shape index (κ2) is 16.2. The monoisotopic (exact) mass is 603 g/mol. The summed E-state index contributed by atoms with van der Waals surface area (Å²) < 4.78 is 10.7. The van der Waals surface area contributed by atoms with Crippen LogP contribution < -0.4 is 15.4 Å². The summed E-state index contributed by atoms with van der Waals surface area (Å²) in [5.41, 5.74) is 1.46. The minimum atomic E-state index is -0.815. The Balaban J connectivity index is 1.47. The van der Waals surface area contributed by atoms with Gasteiger partial charge in [0.05, 0.1) is 19.7 Å². The van der Waals surface area contributed by atoms with Crippen molar-refractivity contribution in [2.75, 3.05) is 20.2 Å². The Kier molecular flexibility index (Phi) is 12.1. The van der Waals surface area contributed by atoms with Crippen molar-refractivity contribution in [1.82, 2.24) is 15.5 Å². The van der Waals surface area contributed by atoms with E-state index in [1.165, 1.54) is 0 Å². The molecule has 2 aromatic rings. The first kappa shape index (κ1) is 32.9. The maximum Gasteiger partial charge on any atom is 0.306 e. The number of cyclic esters (lactones) is 1. The lowest BCUT2D eigenvalue weighted by molar-refractivity contribution is -0.150. The van der Waals surface area contributed by atoms with Gasteiger partial charge < -0.3 is 20.1 Å². The number of nitrogens with zero attached hydrogens (tertiary/aromatic N) is 1. The molecule has 2 amide bonds. The zero-order valence-electron chi connectivity index (χ0n) is 26.0. The molecule has 0 saturated carbocycles. The molecule has 0 aromatic heterocycles. The number of methoxy groups -OCH3 is 1. The van der Waals surface area contributed by atoms with Crippen LogP contribution in [0.5, 0.6) is 5.75 Å². The zero-order valence-corrected chi connectivity index (χ0v) is 26.0. The van der Waals surface area contributed by atoms with Crippen LogP contribution in [0.15, 0.2) is 66.7 Å². The van der Waals surface area contributed by atoms with Gasteiger partial charge in [-0.15, -0.1) is 0 Å². The van der Waals surface area contributed by atoms with Gasteiger partial charge in [0.25, 0.3) is 0 Å². The fourth-order valence-corrected chi connectivity index (χ4v) is 5.69. The lowest BCUT2D eigenvalue weighted by Gasteiger charge is -2.35. The molecule has 2 aliphatic rings. The summed E-state index contributed by atoms with van der Waals surface area (Å²) in [6.07, 6.45) is 8.09. The van der Waals surface area contributed by atoms with E-state index in [2.05, 4.69) is 10.6 Å². The number of Topliss-reactive ketones (excluding diaryl/α,β-unsaturated/α-hetero) is 1. The quantitative estimate of drug-likeness (QED) is 0.200. The SMILES string of the molecule is COc1cccc(C(=O)CN2CCCC[C@H]2C(=O)N[C@@H](Cc2ccccc2)C(=O)N[C@H](/C=C/C2CCCC(=O)O2)C(C)C)c1. The van der Waals surface area contributed by atoms with Crippen LogP contribution in [0.4, 0.5) is 0 Å². The lowest BCUT2D eigenvalue weighted by atomic mass is 9.98. The largest absolute Gasteiger partial charge is 0.497 e. The van der Waals surface area contributed by atoms with Crippen molar-refractivity contribution in [1.29, 1.82) is 0 Å². The van der Waals surface area contributed by atoms with E-state index < -0.39 is 12.1 Å². The molecule has 9 nitrogen and oxygen atoms in total. The van der Waals surface area contributed by atoms with E-state index >= 15 is 0 Å². The number of carbonyl (C=O) groups excluding carboxylic acids is 4. The van der Waals surface area contributed by atoms with E-state index in [0.717, 1.165) is 31.2 Å². The van der Waals surface area contributed by atoms with Gasteiger partial charge in [-0.25, -0.2) is 0 Å². The van der Waals surface area contributed by atoms with Gasteiger partial charge >= 0.3 is 5.97 Å². The third-order valence-electron chi connectivity index (χ3n) is 8.28. The predicted octanol–water partition coefficient (Wildman–Crippen LogP) is 4.25.